The molecule has 0 saturated carbocycles. The van der Waals surface area contributed by atoms with Gasteiger partial charge in [-0.25, -0.2) is 8.42 Å². The number of hydrogen-bond acceptors (Lipinski definition) is 4. The Hall–Kier alpha value is -0.130. The van der Waals surface area contributed by atoms with Crippen LogP contribution >= 0.6 is 0 Å². The van der Waals surface area contributed by atoms with Gasteiger partial charge in [-0.1, -0.05) is 0 Å². The van der Waals surface area contributed by atoms with Crippen molar-refractivity contribution in [3.8, 4) is 0 Å². The van der Waals surface area contributed by atoms with Gasteiger partial charge in [0.15, 0.2) is 9.84 Å². The maximum Gasteiger partial charge on any atom is 0.154 e. The molecule has 4 nitrogen and oxygen atoms in total. The first-order valence-electron chi connectivity index (χ1n) is 5.62. The minimum absolute atomic E-state index is 0.0995. The quantitative estimate of drug-likeness (QED) is 0.702. The first-order chi connectivity index (χ1) is 7.09. The summed E-state index contributed by atoms with van der Waals surface area (Å²) in [6.07, 6.45) is 1.72. The molecule has 0 amide bonds. The van der Waals surface area contributed by atoms with E-state index >= 15 is 0 Å². The second-order valence-electron chi connectivity index (χ2n) is 4.61. The molecule has 3 unspecified atom stereocenters. The minimum Gasteiger partial charge on any atom is -0.381 e. The van der Waals surface area contributed by atoms with E-state index in [9.17, 15) is 8.42 Å². The van der Waals surface area contributed by atoms with Crippen LogP contribution in [-0.2, 0) is 14.6 Å². The van der Waals surface area contributed by atoms with Crippen molar-refractivity contribution in [2.75, 3.05) is 25.5 Å². The minimum atomic E-state index is -2.90. The van der Waals surface area contributed by atoms with E-state index in [2.05, 4.69) is 5.32 Å². The van der Waals surface area contributed by atoms with Crippen molar-refractivity contribution in [2.24, 2.45) is 5.92 Å². The maximum atomic E-state index is 11.9. The van der Waals surface area contributed by atoms with Crippen molar-refractivity contribution < 1.29 is 13.2 Å². The monoisotopic (exact) mass is 233 g/mol. The zero-order valence-corrected chi connectivity index (χ0v) is 9.92. The van der Waals surface area contributed by atoms with Gasteiger partial charge in [0.2, 0.25) is 0 Å². The lowest BCUT2D eigenvalue weighted by Crippen LogP contribution is -2.40. The van der Waals surface area contributed by atoms with Gasteiger partial charge in [0.05, 0.1) is 17.6 Å². The second kappa shape index (κ2) is 4.39. The fourth-order valence-corrected chi connectivity index (χ4v) is 3.99. The number of ether oxygens (including phenoxy) is 1. The van der Waals surface area contributed by atoms with Crippen molar-refractivity contribution in [2.45, 2.75) is 31.1 Å². The van der Waals surface area contributed by atoms with E-state index in [1.165, 1.54) is 0 Å². The Labute approximate surface area is 91.3 Å². The summed E-state index contributed by atoms with van der Waals surface area (Å²) in [6, 6.07) is 0.0995. The van der Waals surface area contributed by atoms with Gasteiger partial charge in [0.1, 0.15) is 0 Å². The largest absolute Gasteiger partial charge is 0.381 e. The van der Waals surface area contributed by atoms with Crippen LogP contribution in [0.2, 0.25) is 0 Å². The van der Waals surface area contributed by atoms with Crippen molar-refractivity contribution in [3.05, 3.63) is 0 Å². The van der Waals surface area contributed by atoms with E-state index in [-0.39, 0.29) is 17.0 Å². The van der Waals surface area contributed by atoms with E-state index in [4.69, 9.17) is 4.74 Å². The van der Waals surface area contributed by atoms with Crippen LogP contribution in [0.4, 0.5) is 0 Å². The molecule has 15 heavy (non-hydrogen) atoms. The molecule has 0 bridgehead atoms. The number of nitrogens with one attached hydrogen (secondary N) is 1. The first kappa shape index (κ1) is 11.4. The molecule has 0 aromatic heterocycles. The molecule has 1 N–H and O–H groups in total. The van der Waals surface area contributed by atoms with Gasteiger partial charge in [-0.3, -0.25) is 0 Å². The van der Waals surface area contributed by atoms with Gasteiger partial charge in [-0.15, -0.1) is 0 Å². The van der Waals surface area contributed by atoms with Crippen LogP contribution in [-0.4, -0.2) is 45.2 Å². The Morgan fingerprint density at radius 1 is 1.33 bits per heavy atom. The predicted octanol–water partition coefficient (Wildman–Crippen LogP) is 0.188. The molecule has 2 rings (SSSR count). The lowest BCUT2D eigenvalue weighted by Gasteiger charge is -2.21. The van der Waals surface area contributed by atoms with Crippen LogP contribution in [0.15, 0.2) is 0 Å². The summed E-state index contributed by atoms with van der Waals surface area (Å²) < 4.78 is 29.1. The molecular formula is C10H19NO3S. The van der Waals surface area contributed by atoms with E-state index in [0.29, 0.717) is 12.5 Å². The van der Waals surface area contributed by atoms with Crippen LogP contribution in [0.25, 0.3) is 0 Å². The highest BCUT2D eigenvalue weighted by molar-refractivity contribution is 7.92. The Kier molecular flexibility index (Phi) is 3.33. The van der Waals surface area contributed by atoms with Crippen LogP contribution in [0, 0.1) is 5.92 Å². The molecule has 5 heteroatoms. The van der Waals surface area contributed by atoms with E-state index < -0.39 is 9.84 Å². The third-order valence-electron chi connectivity index (χ3n) is 3.52. The van der Waals surface area contributed by atoms with Crippen molar-refractivity contribution >= 4 is 9.84 Å². The molecule has 2 fully saturated rings. The van der Waals surface area contributed by atoms with Gasteiger partial charge in [0, 0.05) is 18.6 Å². The smallest absolute Gasteiger partial charge is 0.154 e. The Balaban J connectivity index is 2.07. The lowest BCUT2D eigenvalue weighted by atomic mass is 10.0. The molecule has 3 atom stereocenters. The van der Waals surface area contributed by atoms with Gasteiger partial charge >= 0.3 is 0 Å². The fraction of sp³-hybridized carbons (Fsp3) is 1.00. The average Bonchev–Trinajstić information content (AvgIpc) is 2.64. The van der Waals surface area contributed by atoms with Crippen molar-refractivity contribution in [3.63, 3.8) is 0 Å². The summed E-state index contributed by atoms with van der Waals surface area (Å²) in [6.45, 7) is 4.10. The van der Waals surface area contributed by atoms with Gasteiger partial charge in [-0.2, -0.15) is 0 Å². The van der Waals surface area contributed by atoms with Gasteiger partial charge in [-0.05, 0) is 26.3 Å². The summed E-state index contributed by atoms with van der Waals surface area (Å²) in [4.78, 5) is 0. The highest BCUT2D eigenvalue weighted by atomic mass is 32.2. The zero-order valence-electron chi connectivity index (χ0n) is 9.11. The molecule has 2 saturated heterocycles. The highest BCUT2D eigenvalue weighted by Crippen LogP contribution is 2.22. The average molecular weight is 233 g/mol. The molecule has 0 spiro atoms. The zero-order chi connectivity index (χ0) is 10.9. The topological polar surface area (TPSA) is 55.4 Å². The molecule has 0 aromatic rings. The molecule has 0 aliphatic carbocycles. The van der Waals surface area contributed by atoms with E-state index in [1.807, 2.05) is 6.92 Å². The summed E-state index contributed by atoms with van der Waals surface area (Å²) in [5.41, 5.74) is 0. The van der Waals surface area contributed by atoms with E-state index in [0.717, 1.165) is 26.0 Å². The number of sulfone groups is 1. The second-order valence-corrected chi connectivity index (χ2v) is 7.08. The Bertz CT molecular complexity index is 309. The van der Waals surface area contributed by atoms with Crippen LogP contribution in [0.5, 0.6) is 0 Å². The van der Waals surface area contributed by atoms with Gasteiger partial charge < -0.3 is 10.1 Å². The number of hydrogen-bond donors (Lipinski definition) is 1. The van der Waals surface area contributed by atoms with Crippen LogP contribution in [0.3, 0.4) is 0 Å². The maximum absolute atomic E-state index is 11.9. The lowest BCUT2D eigenvalue weighted by molar-refractivity contribution is 0.179. The van der Waals surface area contributed by atoms with Crippen LogP contribution < -0.4 is 5.32 Å². The van der Waals surface area contributed by atoms with E-state index in [1.54, 1.807) is 0 Å². The normalized spacial score (nSPS) is 41.3. The fourth-order valence-electron chi connectivity index (χ4n) is 2.30. The van der Waals surface area contributed by atoms with Gasteiger partial charge in [0.25, 0.3) is 0 Å². The third-order valence-corrected chi connectivity index (χ3v) is 5.80. The number of rotatable bonds is 1. The van der Waals surface area contributed by atoms with Crippen molar-refractivity contribution in [1.29, 1.82) is 0 Å². The molecule has 2 aliphatic rings. The Morgan fingerprint density at radius 3 is 2.80 bits per heavy atom. The molecule has 88 valence electrons. The summed E-state index contributed by atoms with van der Waals surface area (Å²) in [7, 11) is -2.90. The molecule has 2 heterocycles. The highest BCUT2D eigenvalue weighted by Gasteiger charge is 2.34. The van der Waals surface area contributed by atoms with Crippen LogP contribution in [0.1, 0.15) is 19.8 Å². The molecule has 0 radical (unpaired) electrons. The summed E-state index contributed by atoms with van der Waals surface area (Å²) in [5, 5.41) is 3.15. The standard InChI is InChI=1S/C10H19NO3S/c1-8-2-4-11-10(7-15(8,12)13)9-3-5-14-6-9/h8-11H,2-7H2,1H3. The third kappa shape index (κ3) is 2.52. The Morgan fingerprint density at radius 2 is 2.13 bits per heavy atom. The molecule has 0 aromatic carbocycles. The summed E-state index contributed by atoms with van der Waals surface area (Å²) in [5.74, 6) is 0.660. The predicted molar refractivity (Wildman–Crippen MR) is 58.6 cm³/mol. The summed E-state index contributed by atoms with van der Waals surface area (Å²) >= 11 is 0. The SMILES string of the molecule is CC1CCNC(C2CCOC2)CS1(=O)=O. The van der Waals surface area contributed by atoms with Crippen molar-refractivity contribution in [1.82, 2.24) is 5.32 Å². The molecular weight excluding hydrogens is 214 g/mol. The molecule has 2 aliphatic heterocycles. The first-order valence-corrected chi connectivity index (χ1v) is 7.34.